The maximum Gasteiger partial charge on any atom is 0.190 e. The van der Waals surface area contributed by atoms with Gasteiger partial charge in [-0.3, -0.25) is 0 Å². The van der Waals surface area contributed by atoms with Gasteiger partial charge in [-0.2, -0.15) is 0 Å². The monoisotopic (exact) mass is 338 g/mol. The molecule has 3 rings (SSSR count). The fourth-order valence-electron chi connectivity index (χ4n) is 2.50. The zero-order valence-corrected chi connectivity index (χ0v) is 15.1. The van der Waals surface area contributed by atoms with Crippen molar-refractivity contribution in [2.24, 2.45) is 4.99 Å². The van der Waals surface area contributed by atoms with Crippen LogP contribution in [0.25, 0.3) is 11.3 Å². The van der Waals surface area contributed by atoms with E-state index in [1.165, 1.54) is 22.4 Å². The lowest BCUT2D eigenvalue weighted by Crippen LogP contribution is -2.18. The van der Waals surface area contributed by atoms with Gasteiger partial charge in [0.05, 0.1) is 18.0 Å². The summed E-state index contributed by atoms with van der Waals surface area (Å²) in [5.74, 6) is 0. The number of rotatable bonds is 5. The number of hydrogen-bond donors (Lipinski definition) is 0. The number of methoxy groups -OCH3 is 1. The molecule has 0 aliphatic rings. The zero-order chi connectivity index (χ0) is 16.9. The Bertz CT molecular complexity index is 858. The van der Waals surface area contributed by atoms with E-state index < -0.39 is 0 Å². The first kappa shape index (κ1) is 16.7. The number of aromatic nitrogens is 1. The molecule has 0 saturated carbocycles. The van der Waals surface area contributed by atoms with Crippen LogP contribution in [0.4, 0.5) is 5.69 Å². The van der Waals surface area contributed by atoms with Gasteiger partial charge < -0.3 is 9.30 Å². The molecule has 1 aromatic heterocycles. The molecule has 0 unspecified atom stereocenters. The molecule has 0 bridgehead atoms. The summed E-state index contributed by atoms with van der Waals surface area (Å²) in [6.45, 7) is 5.64. The van der Waals surface area contributed by atoms with E-state index in [1.54, 1.807) is 18.4 Å². The van der Waals surface area contributed by atoms with Crippen LogP contribution in [0, 0.1) is 13.8 Å². The second-order valence-corrected chi connectivity index (χ2v) is 6.70. The van der Waals surface area contributed by atoms with Crippen LogP contribution in [-0.4, -0.2) is 18.3 Å². The molecule has 124 valence electrons. The summed E-state index contributed by atoms with van der Waals surface area (Å²) >= 11 is 1.67. The summed E-state index contributed by atoms with van der Waals surface area (Å²) < 4.78 is 7.52. The molecule has 0 saturated heterocycles. The first-order chi connectivity index (χ1) is 11.7. The summed E-state index contributed by atoms with van der Waals surface area (Å²) in [5, 5.41) is 2.17. The van der Waals surface area contributed by atoms with Crippen molar-refractivity contribution in [3.8, 4) is 11.3 Å². The highest BCUT2D eigenvalue weighted by atomic mass is 32.1. The first-order valence-electron chi connectivity index (χ1n) is 8.03. The fraction of sp³-hybridized carbons (Fsp3) is 0.250. The third kappa shape index (κ3) is 3.83. The Morgan fingerprint density at radius 3 is 2.21 bits per heavy atom. The summed E-state index contributed by atoms with van der Waals surface area (Å²) in [6, 6.07) is 16.9. The summed E-state index contributed by atoms with van der Waals surface area (Å²) in [5.41, 5.74) is 5.88. The van der Waals surface area contributed by atoms with Gasteiger partial charge in [0.1, 0.15) is 0 Å². The van der Waals surface area contributed by atoms with Crippen molar-refractivity contribution >= 4 is 17.0 Å². The van der Waals surface area contributed by atoms with Gasteiger partial charge in [0.25, 0.3) is 0 Å². The standard InChI is InChI=1S/C20H22N2OS/c1-15-4-8-17(9-5-15)19-14-24-20(22(19)12-13-23-3)21-18-10-6-16(2)7-11-18/h4-11,14H,12-13H2,1-3H3. The Morgan fingerprint density at radius 2 is 1.58 bits per heavy atom. The Hall–Kier alpha value is -2.17. The third-order valence-corrected chi connectivity index (χ3v) is 4.79. The maximum absolute atomic E-state index is 5.29. The molecule has 2 aromatic carbocycles. The van der Waals surface area contributed by atoms with Crippen molar-refractivity contribution in [2.45, 2.75) is 20.4 Å². The van der Waals surface area contributed by atoms with Crippen LogP contribution in [0.3, 0.4) is 0 Å². The number of nitrogens with zero attached hydrogens (tertiary/aromatic N) is 2. The largest absolute Gasteiger partial charge is 0.383 e. The molecule has 0 aliphatic carbocycles. The van der Waals surface area contributed by atoms with E-state index in [-0.39, 0.29) is 0 Å². The molecule has 0 fully saturated rings. The van der Waals surface area contributed by atoms with Crippen molar-refractivity contribution in [2.75, 3.05) is 13.7 Å². The Morgan fingerprint density at radius 1 is 0.958 bits per heavy atom. The predicted octanol–water partition coefficient (Wildman–Crippen LogP) is 4.71. The molecular formula is C20H22N2OS. The number of benzene rings is 2. The molecule has 24 heavy (non-hydrogen) atoms. The highest BCUT2D eigenvalue weighted by Gasteiger charge is 2.08. The molecule has 3 aromatic rings. The highest BCUT2D eigenvalue weighted by molar-refractivity contribution is 7.07. The predicted molar refractivity (Wildman–Crippen MR) is 101 cm³/mol. The SMILES string of the molecule is COCCn1c(-c2ccc(C)cc2)csc1=Nc1ccc(C)cc1. The van der Waals surface area contributed by atoms with Crippen LogP contribution in [0.1, 0.15) is 11.1 Å². The normalized spacial score (nSPS) is 11.9. The van der Waals surface area contributed by atoms with Crippen molar-refractivity contribution in [1.82, 2.24) is 4.57 Å². The second-order valence-electron chi connectivity index (χ2n) is 5.86. The Balaban J connectivity index is 2.06. The lowest BCUT2D eigenvalue weighted by molar-refractivity contribution is 0.187. The molecule has 0 amide bonds. The quantitative estimate of drug-likeness (QED) is 0.661. The van der Waals surface area contributed by atoms with E-state index in [4.69, 9.17) is 9.73 Å². The lowest BCUT2D eigenvalue weighted by Gasteiger charge is -2.09. The summed E-state index contributed by atoms with van der Waals surface area (Å²) in [7, 11) is 1.73. The van der Waals surface area contributed by atoms with Crippen molar-refractivity contribution in [1.29, 1.82) is 0 Å². The van der Waals surface area contributed by atoms with Gasteiger partial charge in [-0.05, 0) is 31.5 Å². The first-order valence-corrected chi connectivity index (χ1v) is 8.91. The Kier molecular flexibility index (Phi) is 5.28. The molecule has 0 radical (unpaired) electrons. The molecule has 0 spiro atoms. The Labute approximate surface area is 146 Å². The van der Waals surface area contributed by atoms with Gasteiger partial charge >= 0.3 is 0 Å². The molecule has 0 atom stereocenters. The van der Waals surface area contributed by atoms with Crippen molar-refractivity contribution in [3.63, 3.8) is 0 Å². The number of thiazole rings is 1. The summed E-state index contributed by atoms with van der Waals surface area (Å²) in [6.07, 6.45) is 0. The average Bonchev–Trinajstić information content (AvgIpc) is 2.98. The second kappa shape index (κ2) is 7.60. The average molecular weight is 338 g/mol. The van der Waals surface area contributed by atoms with E-state index in [0.29, 0.717) is 6.61 Å². The number of aryl methyl sites for hydroxylation is 2. The van der Waals surface area contributed by atoms with E-state index in [0.717, 1.165) is 17.0 Å². The minimum atomic E-state index is 0.663. The van der Waals surface area contributed by atoms with Gasteiger partial charge in [0.2, 0.25) is 0 Å². The van der Waals surface area contributed by atoms with Gasteiger partial charge in [0, 0.05) is 19.0 Å². The smallest absolute Gasteiger partial charge is 0.190 e. The van der Waals surface area contributed by atoms with Crippen LogP contribution in [0.5, 0.6) is 0 Å². The number of ether oxygens (including phenoxy) is 1. The molecule has 0 N–H and O–H groups in total. The maximum atomic E-state index is 5.29. The molecular weight excluding hydrogens is 316 g/mol. The molecule has 3 nitrogen and oxygen atoms in total. The van der Waals surface area contributed by atoms with Crippen LogP contribution < -0.4 is 4.80 Å². The fourth-order valence-corrected chi connectivity index (χ4v) is 3.46. The van der Waals surface area contributed by atoms with E-state index in [9.17, 15) is 0 Å². The minimum Gasteiger partial charge on any atom is -0.383 e. The molecule has 0 aliphatic heterocycles. The molecule has 4 heteroatoms. The van der Waals surface area contributed by atoms with Gasteiger partial charge in [0.15, 0.2) is 4.80 Å². The summed E-state index contributed by atoms with van der Waals surface area (Å²) in [4.78, 5) is 5.82. The number of hydrogen-bond acceptors (Lipinski definition) is 3. The van der Waals surface area contributed by atoms with Gasteiger partial charge in [-0.15, -0.1) is 11.3 Å². The van der Waals surface area contributed by atoms with Crippen molar-refractivity contribution < 1.29 is 4.74 Å². The van der Waals surface area contributed by atoms with Crippen LogP contribution in [0.2, 0.25) is 0 Å². The molecule has 1 heterocycles. The van der Waals surface area contributed by atoms with Gasteiger partial charge in [-0.25, -0.2) is 4.99 Å². The van der Waals surface area contributed by atoms with E-state index >= 15 is 0 Å². The zero-order valence-electron chi connectivity index (χ0n) is 14.3. The topological polar surface area (TPSA) is 26.5 Å². The van der Waals surface area contributed by atoms with Crippen LogP contribution in [0.15, 0.2) is 58.9 Å². The van der Waals surface area contributed by atoms with E-state index in [1.807, 2.05) is 0 Å². The minimum absolute atomic E-state index is 0.663. The lowest BCUT2D eigenvalue weighted by atomic mass is 10.1. The van der Waals surface area contributed by atoms with Crippen LogP contribution in [-0.2, 0) is 11.3 Å². The third-order valence-electron chi connectivity index (χ3n) is 3.92. The highest BCUT2D eigenvalue weighted by Crippen LogP contribution is 2.21. The van der Waals surface area contributed by atoms with Crippen LogP contribution >= 0.6 is 11.3 Å². The van der Waals surface area contributed by atoms with Crippen molar-refractivity contribution in [3.05, 3.63) is 69.8 Å². The van der Waals surface area contributed by atoms with Gasteiger partial charge in [-0.1, -0.05) is 47.5 Å². The van der Waals surface area contributed by atoms with E-state index in [2.05, 4.69) is 72.3 Å².